The molecule has 0 atom stereocenters. The first-order chi connectivity index (χ1) is 18.6. The second-order valence-corrected chi connectivity index (χ2v) is 10.3. The van der Waals surface area contributed by atoms with E-state index in [-0.39, 0.29) is 18.4 Å². The van der Waals surface area contributed by atoms with Crippen LogP contribution in [-0.4, -0.2) is 63.2 Å². The Hall–Kier alpha value is -3.06. The predicted molar refractivity (Wildman–Crippen MR) is 152 cm³/mol. The second kappa shape index (κ2) is 14.2. The number of fused-ring (bicyclic) bond motifs is 1. The van der Waals surface area contributed by atoms with Gasteiger partial charge in [0.1, 0.15) is 12.4 Å². The van der Waals surface area contributed by atoms with Crippen molar-refractivity contribution in [3.05, 3.63) is 53.6 Å². The van der Waals surface area contributed by atoms with Crippen molar-refractivity contribution in [2.24, 2.45) is 0 Å². The smallest absolute Gasteiger partial charge is 0.254 e. The summed E-state index contributed by atoms with van der Waals surface area (Å²) in [5.74, 6) is 0.816. The highest BCUT2D eigenvalue weighted by Gasteiger charge is 2.24. The number of carbonyl (C=O) groups excluding carboxylic acids is 2. The molecule has 38 heavy (non-hydrogen) atoms. The Balaban J connectivity index is 1.66. The summed E-state index contributed by atoms with van der Waals surface area (Å²) in [7, 11) is 1.55. The molecular formula is C31H43N3O4. The predicted octanol–water partition coefficient (Wildman–Crippen LogP) is 5.66. The number of rotatable bonds is 6. The Bertz CT molecular complexity index is 1070. The van der Waals surface area contributed by atoms with Crippen molar-refractivity contribution in [3.8, 4) is 5.75 Å². The maximum Gasteiger partial charge on any atom is 0.254 e. The number of hydrogen-bond acceptors (Lipinski definition) is 5. The van der Waals surface area contributed by atoms with E-state index in [1.807, 2.05) is 59.2 Å². The number of carbonyl (C=O) groups is 2. The number of nitrogens with zero attached hydrogens (tertiary/aromatic N) is 3. The van der Waals surface area contributed by atoms with Gasteiger partial charge in [0.05, 0.1) is 12.3 Å². The zero-order valence-electron chi connectivity index (χ0n) is 23.1. The number of methoxy groups -OCH3 is 1. The normalized spacial score (nSPS) is 17.3. The lowest BCUT2D eigenvalue weighted by Crippen LogP contribution is -2.37. The van der Waals surface area contributed by atoms with Crippen LogP contribution >= 0.6 is 0 Å². The van der Waals surface area contributed by atoms with E-state index in [1.165, 1.54) is 0 Å². The summed E-state index contributed by atoms with van der Waals surface area (Å²) >= 11 is 0. The molecule has 1 fully saturated rings. The van der Waals surface area contributed by atoms with E-state index in [0.29, 0.717) is 31.8 Å². The van der Waals surface area contributed by atoms with Crippen molar-refractivity contribution in [2.45, 2.75) is 64.8 Å². The second-order valence-electron chi connectivity index (χ2n) is 10.3. The van der Waals surface area contributed by atoms with E-state index in [2.05, 4.69) is 4.90 Å². The highest BCUT2D eigenvalue weighted by atomic mass is 16.5. The fourth-order valence-electron chi connectivity index (χ4n) is 5.54. The molecule has 0 unspecified atom stereocenters. The lowest BCUT2D eigenvalue weighted by atomic mass is 10.1. The molecule has 206 valence electrons. The summed E-state index contributed by atoms with van der Waals surface area (Å²) in [6.45, 7) is 6.40. The minimum Gasteiger partial charge on any atom is -0.492 e. The third-order valence-corrected chi connectivity index (χ3v) is 7.51. The lowest BCUT2D eigenvalue weighted by Gasteiger charge is -2.29. The maximum absolute atomic E-state index is 14.0. The lowest BCUT2D eigenvalue weighted by molar-refractivity contribution is -0.122. The number of para-hydroxylation sites is 1. The van der Waals surface area contributed by atoms with E-state index in [1.54, 1.807) is 7.11 Å². The highest BCUT2D eigenvalue weighted by molar-refractivity contribution is 5.97. The summed E-state index contributed by atoms with van der Waals surface area (Å²) in [5.41, 5.74) is 3.55. The Morgan fingerprint density at radius 1 is 0.816 bits per heavy atom. The molecule has 7 nitrogen and oxygen atoms in total. The monoisotopic (exact) mass is 521 g/mol. The van der Waals surface area contributed by atoms with Crippen LogP contribution in [0.4, 0.5) is 11.4 Å². The van der Waals surface area contributed by atoms with E-state index in [0.717, 1.165) is 87.1 Å². The number of anilines is 2. The van der Waals surface area contributed by atoms with Crippen molar-refractivity contribution < 1.29 is 19.1 Å². The molecule has 2 aliphatic rings. The first-order valence-corrected chi connectivity index (χ1v) is 14.3. The fourth-order valence-corrected chi connectivity index (χ4v) is 5.54. The minimum atomic E-state index is -0.0468. The highest BCUT2D eigenvalue weighted by Crippen LogP contribution is 2.33. The molecule has 0 spiro atoms. The van der Waals surface area contributed by atoms with Crippen molar-refractivity contribution in [1.82, 2.24) is 4.90 Å². The molecule has 1 saturated heterocycles. The van der Waals surface area contributed by atoms with Crippen molar-refractivity contribution in [2.75, 3.05) is 56.3 Å². The number of amides is 2. The average Bonchev–Trinajstić information content (AvgIpc) is 3.47. The first-order valence-electron chi connectivity index (χ1n) is 14.3. The molecule has 0 aliphatic carbocycles. The largest absolute Gasteiger partial charge is 0.492 e. The van der Waals surface area contributed by atoms with Crippen molar-refractivity contribution in [1.29, 1.82) is 0 Å². The fraction of sp³-hybridized carbons (Fsp3) is 0.548. The first kappa shape index (κ1) is 28.0. The molecule has 2 aliphatic heterocycles. The molecule has 0 bridgehead atoms. The van der Waals surface area contributed by atoms with Crippen LogP contribution in [0.2, 0.25) is 0 Å². The Morgan fingerprint density at radius 3 is 2.24 bits per heavy atom. The molecule has 2 aromatic carbocycles. The average molecular weight is 522 g/mol. The van der Waals surface area contributed by atoms with Crippen LogP contribution in [0.3, 0.4) is 0 Å². The molecule has 0 saturated carbocycles. The summed E-state index contributed by atoms with van der Waals surface area (Å²) in [5, 5.41) is 0. The van der Waals surface area contributed by atoms with Crippen LogP contribution in [0.5, 0.6) is 5.75 Å². The van der Waals surface area contributed by atoms with Gasteiger partial charge in [-0.05, 0) is 62.4 Å². The van der Waals surface area contributed by atoms with Crippen LogP contribution in [0, 0.1) is 0 Å². The van der Waals surface area contributed by atoms with Gasteiger partial charge in [0, 0.05) is 51.1 Å². The molecule has 0 radical (unpaired) electrons. The van der Waals surface area contributed by atoms with Crippen LogP contribution in [-0.2, 0) is 16.1 Å². The molecule has 7 heteroatoms. The SMILES string of the molecule is CCOc1ccc(C(=O)N2CCCCCCCCN(C(=O)COC)c3ccccc3C2)cc1N1CCCC1. The summed E-state index contributed by atoms with van der Waals surface area (Å²) in [4.78, 5) is 33.2. The van der Waals surface area contributed by atoms with Gasteiger partial charge >= 0.3 is 0 Å². The number of hydrogen-bond donors (Lipinski definition) is 0. The van der Waals surface area contributed by atoms with E-state index in [9.17, 15) is 9.59 Å². The standard InChI is InChI=1S/C31H43N3O4/c1-3-38-29-17-16-25(22-28(29)32-18-12-13-19-32)31(36)33-20-10-6-4-5-7-11-21-34(30(35)24-37-2)27-15-9-8-14-26(27)23-33/h8-9,14-17,22H,3-7,10-13,18-21,23-24H2,1-2H3. The van der Waals surface area contributed by atoms with Gasteiger partial charge in [-0.3, -0.25) is 9.59 Å². The van der Waals surface area contributed by atoms with Gasteiger partial charge < -0.3 is 24.2 Å². The van der Waals surface area contributed by atoms with Crippen LogP contribution in [0.15, 0.2) is 42.5 Å². The number of ether oxygens (including phenoxy) is 2. The topological polar surface area (TPSA) is 62.3 Å². The molecule has 2 heterocycles. The summed E-state index contributed by atoms with van der Waals surface area (Å²) in [6.07, 6.45) is 8.71. The minimum absolute atomic E-state index is 0.0212. The Labute approximate surface area is 227 Å². The number of benzene rings is 2. The zero-order chi connectivity index (χ0) is 26.7. The van der Waals surface area contributed by atoms with Crippen LogP contribution in [0.1, 0.15) is 74.2 Å². The van der Waals surface area contributed by atoms with Gasteiger partial charge in [-0.2, -0.15) is 0 Å². The quantitative estimate of drug-likeness (QED) is 0.491. The summed E-state index contributed by atoms with van der Waals surface area (Å²) in [6, 6.07) is 13.8. The van der Waals surface area contributed by atoms with Gasteiger partial charge in [0.15, 0.2) is 0 Å². The van der Waals surface area contributed by atoms with Gasteiger partial charge in [-0.15, -0.1) is 0 Å². The van der Waals surface area contributed by atoms with Crippen LogP contribution in [0.25, 0.3) is 0 Å². The van der Waals surface area contributed by atoms with Gasteiger partial charge in [0.25, 0.3) is 11.8 Å². The van der Waals surface area contributed by atoms with Gasteiger partial charge in [0.2, 0.25) is 0 Å². The molecular weight excluding hydrogens is 478 g/mol. The van der Waals surface area contributed by atoms with Crippen molar-refractivity contribution >= 4 is 23.2 Å². The van der Waals surface area contributed by atoms with Gasteiger partial charge in [-0.25, -0.2) is 0 Å². The Morgan fingerprint density at radius 2 is 1.50 bits per heavy atom. The van der Waals surface area contributed by atoms with E-state index < -0.39 is 0 Å². The summed E-state index contributed by atoms with van der Waals surface area (Å²) < 4.78 is 11.1. The molecule has 4 rings (SSSR count). The maximum atomic E-state index is 14.0. The zero-order valence-corrected chi connectivity index (χ0v) is 23.1. The molecule has 2 amide bonds. The third kappa shape index (κ3) is 7.07. The van der Waals surface area contributed by atoms with E-state index >= 15 is 0 Å². The van der Waals surface area contributed by atoms with Crippen molar-refractivity contribution in [3.63, 3.8) is 0 Å². The third-order valence-electron chi connectivity index (χ3n) is 7.51. The Kier molecular flexibility index (Phi) is 10.4. The molecule has 2 aromatic rings. The molecule has 0 aromatic heterocycles. The van der Waals surface area contributed by atoms with Gasteiger partial charge in [-0.1, -0.05) is 43.9 Å². The molecule has 0 N–H and O–H groups in total. The van der Waals surface area contributed by atoms with E-state index in [4.69, 9.17) is 9.47 Å². The van der Waals surface area contributed by atoms with Crippen LogP contribution < -0.4 is 14.5 Å².